The standard InChI is InChI=1S/C16H12F2N4O2/c17-9-3-6-12(11(18)7-9)24-10-4-1-8(2-5-10)14-13(16(20)23)15(19)22-21-14/h1-7H,(H2,20,23)(H3,19,21,22). The van der Waals surface area contributed by atoms with E-state index >= 15 is 0 Å². The summed E-state index contributed by atoms with van der Waals surface area (Å²) in [6, 6.07) is 9.34. The Morgan fingerprint density at radius 3 is 2.46 bits per heavy atom. The molecule has 0 bridgehead atoms. The Morgan fingerprint density at radius 1 is 1.12 bits per heavy atom. The van der Waals surface area contributed by atoms with Crippen LogP contribution in [0.4, 0.5) is 14.6 Å². The molecule has 122 valence electrons. The van der Waals surface area contributed by atoms with E-state index in [-0.39, 0.29) is 17.1 Å². The molecular weight excluding hydrogens is 318 g/mol. The third-order valence-corrected chi connectivity index (χ3v) is 3.29. The lowest BCUT2D eigenvalue weighted by Gasteiger charge is -2.07. The maximum atomic E-state index is 13.6. The van der Waals surface area contributed by atoms with Gasteiger partial charge in [-0.05, 0) is 36.4 Å². The van der Waals surface area contributed by atoms with Gasteiger partial charge in [-0.2, -0.15) is 5.10 Å². The van der Waals surface area contributed by atoms with Gasteiger partial charge in [-0.3, -0.25) is 9.89 Å². The maximum absolute atomic E-state index is 13.6. The van der Waals surface area contributed by atoms with E-state index in [9.17, 15) is 13.6 Å². The summed E-state index contributed by atoms with van der Waals surface area (Å²) >= 11 is 0. The Balaban J connectivity index is 1.87. The summed E-state index contributed by atoms with van der Waals surface area (Å²) in [5.74, 6) is -1.91. The molecule has 1 aromatic heterocycles. The molecule has 0 aliphatic heterocycles. The van der Waals surface area contributed by atoms with Gasteiger partial charge in [0.1, 0.15) is 28.6 Å². The van der Waals surface area contributed by atoms with Crippen molar-refractivity contribution in [1.29, 1.82) is 0 Å². The monoisotopic (exact) mass is 330 g/mol. The molecule has 3 rings (SSSR count). The summed E-state index contributed by atoms with van der Waals surface area (Å²) in [5, 5.41) is 6.45. The fraction of sp³-hybridized carbons (Fsp3) is 0. The van der Waals surface area contributed by atoms with Crippen LogP contribution in [0.25, 0.3) is 11.3 Å². The van der Waals surface area contributed by atoms with Gasteiger partial charge in [-0.25, -0.2) is 8.78 Å². The van der Waals surface area contributed by atoms with Crippen LogP contribution in [-0.2, 0) is 0 Å². The molecule has 0 unspecified atom stereocenters. The Morgan fingerprint density at radius 2 is 1.83 bits per heavy atom. The second kappa shape index (κ2) is 5.99. The second-order valence-corrected chi connectivity index (χ2v) is 4.93. The zero-order valence-corrected chi connectivity index (χ0v) is 12.2. The highest BCUT2D eigenvalue weighted by atomic mass is 19.1. The van der Waals surface area contributed by atoms with E-state index in [1.807, 2.05) is 0 Å². The summed E-state index contributed by atoms with van der Waals surface area (Å²) in [6.45, 7) is 0. The number of hydrogen-bond donors (Lipinski definition) is 3. The number of anilines is 1. The summed E-state index contributed by atoms with van der Waals surface area (Å²) in [5.41, 5.74) is 11.9. The van der Waals surface area contributed by atoms with Gasteiger partial charge in [0.25, 0.3) is 5.91 Å². The number of carbonyl (C=O) groups is 1. The van der Waals surface area contributed by atoms with Crippen molar-refractivity contribution in [1.82, 2.24) is 10.2 Å². The number of carbonyl (C=O) groups excluding carboxylic acids is 1. The fourth-order valence-corrected chi connectivity index (χ4v) is 2.18. The molecule has 1 heterocycles. The van der Waals surface area contributed by atoms with Crippen molar-refractivity contribution >= 4 is 11.7 Å². The number of aromatic amines is 1. The van der Waals surface area contributed by atoms with Crippen LogP contribution in [0.3, 0.4) is 0 Å². The van der Waals surface area contributed by atoms with Crippen molar-refractivity contribution in [2.75, 3.05) is 5.73 Å². The number of ether oxygens (including phenoxy) is 1. The SMILES string of the molecule is NC(=O)c1c(-c2ccc(Oc3ccc(F)cc3F)cc2)n[nH]c1N. The second-order valence-electron chi connectivity index (χ2n) is 4.93. The predicted molar refractivity (Wildman–Crippen MR) is 83.4 cm³/mol. The first-order valence-electron chi connectivity index (χ1n) is 6.82. The number of nitrogen functional groups attached to an aromatic ring is 1. The summed E-state index contributed by atoms with van der Waals surface area (Å²) in [4.78, 5) is 11.4. The summed E-state index contributed by atoms with van der Waals surface area (Å²) in [6.07, 6.45) is 0. The molecule has 2 aromatic carbocycles. The van der Waals surface area contributed by atoms with Crippen molar-refractivity contribution in [3.05, 3.63) is 59.7 Å². The lowest BCUT2D eigenvalue weighted by molar-refractivity contribution is 0.100. The number of nitrogens with one attached hydrogen (secondary N) is 1. The molecule has 1 amide bonds. The van der Waals surface area contributed by atoms with Gasteiger partial charge < -0.3 is 16.2 Å². The largest absolute Gasteiger partial charge is 0.454 e. The van der Waals surface area contributed by atoms with Gasteiger partial charge in [0, 0.05) is 11.6 Å². The number of benzene rings is 2. The molecule has 24 heavy (non-hydrogen) atoms. The number of hydrogen-bond acceptors (Lipinski definition) is 4. The van der Waals surface area contributed by atoms with Gasteiger partial charge in [0.05, 0.1) is 0 Å². The first-order valence-corrected chi connectivity index (χ1v) is 6.82. The van der Waals surface area contributed by atoms with Gasteiger partial charge in [-0.1, -0.05) is 0 Å². The van der Waals surface area contributed by atoms with E-state index in [1.54, 1.807) is 24.3 Å². The molecule has 6 nitrogen and oxygen atoms in total. The van der Waals surface area contributed by atoms with Crippen molar-refractivity contribution in [2.24, 2.45) is 5.73 Å². The number of nitrogens with two attached hydrogens (primary N) is 2. The highest BCUT2D eigenvalue weighted by Crippen LogP contribution is 2.29. The van der Waals surface area contributed by atoms with Crippen LogP contribution < -0.4 is 16.2 Å². The number of primary amides is 1. The molecule has 0 atom stereocenters. The number of H-pyrrole nitrogens is 1. The Labute approximate surface area is 135 Å². The first kappa shape index (κ1) is 15.5. The Kier molecular flexibility index (Phi) is 3.87. The zero-order chi connectivity index (χ0) is 17.3. The van der Waals surface area contributed by atoms with Crippen LogP contribution in [0.2, 0.25) is 0 Å². The smallest absolute Gasteiger partial charge is 0.254 e. The summed E-state index contributed by atoms with van der Waals surface area (Å²) in [7, 11) is 0. The van der Waals surface area contributed by atoms with Crippen molar-refractivity contribution in [3.8, 4) is 22.8 Å². The normalized spacial score (nSPS) is 10.6. The molecular formula is C16H12F2N4O2. The van der Waals surface area contributed by atoms with E-state index in [1.165, 1.54) is 6.07 Å². The number of rotatable bonds is 4. The van der Waals surface area contributed by atoms with Gasteiger partial charge >= 0.3 is 0 Å². The molecule has 0 fully saturated rings. The number of aromatic nitrogens is 2. The maximum Gasteiger partial charge on any atom is 0.254 e. The lowest BCUT2D eigenvalue weighted by atomic mass is 10.1. The molecule has 0 saturated heterocycles. The minimum absolute atomic E-state index is 0.0752. The highest BCUT2D eigenvalue weighted by Gasteiger charge is 2.17. The van der Waals surface area contributed by atoms with Crippen LogP contribution in [0.15, 0.2) is 42.5 Å². The fourth-order valence-electron chi connectivity index (χ4n) is 2.18. The van der Waals surface area contributed by atoms with Crippen LogP contribution in [0, 0.1) is 11.6 Å². The van der Waals surface area contributed by atoms with E-state index in [0.29, 0.717) is 17.0 Å². The lowest BCUT2D eigenvalue weighted by Crippen LogP contribution is -2.13. The molecule has 0 radical (unpaired) electrons. The van der Waals surface area contributed by atoms with Crippen LogP contribution in [0.5, 0.6) is 11.5 Å². The molecule has 3 aromatic rings. The average Bonchev–Trinajstić information content (AvgIpc) is 2.93. The predicted octanol–water partition coefficient (Wildman–Crippen LogP) is 2.83. The molecule has 8 heteroatoms. The quantitative estimate of drug-likeness (QED) is 0.683. The first-order chi connectivity index (χ1) is 11.5. The average molecular weight is 330 g/mol. The van der Waals surface area contributed by atoms with Crippen LogP contribution in [0.1, 0.15) is 10.4 Å². The Hall–Kier alpha value is -3.42. The van der Waals surface area contributed by atoms with E-state index < -0.39 is 17.5 Å². The topological polar surface area (TPSA) is 107 Å². The van der Waals surface area contributed by atoms with Crippen LogP contribution in [-0.4, -0.2) is 16.1 Å². The third-order valence-electron chi connectivity index (χ3n) is 3.29. The summed E-state index contributed by atoms with van der Waals surface area (Å²) < 4.78 is 31.8. The van der Waals surface area contributed by atoms with E-state index in [0.717, 1.165) is 12.1 Å². The third kappa shape index (κ3) is 2.89. The molecule has 0 aliphatic rings. The van der Waals surface area contributed by atoms with Gasteiger partial charge in [-0.15, -0.1) is 0 Å². The Bertz CT molecular complexity index is 907. The van der Waals surface area contributed by atoms with Gasteiger partial charge in [0.15, 0.2) is 11.6 Å². The van der Waals surface area contributed by atoms with Crippen molar-refractivity contribution in [2.45, 2.75) is 0 Å². The van der Waals surface area contributed by atoms with Crippen molar-refractivity contribution < 1.29 is 18.3 Å². The number of amides is 1. The van der Waals surface area contributed by atoms with E-state index in [4.69, 9.17) is 16.2 Å². The molecule has 0 saturated carbocycles. The molecule has 5 N–H and O–H groups in total. The zero-order valence-electron chi connectivity index (χ0n) is 12.2. The minimum Gasteiger partial charge on any atom is -0.454 e. The number of halogens is 2. The highest BCUT2D eigenvalue weighted by molar-refractivity contribution is 6.03. The van der Waals surface area contributed by atoms with E-state index in [2.05, 4.69) is 10.2 Å². The molecule has 0 spiro atoms. The van der Waals surface area contributed by atoms with Crippen molar-refractivity contribution in [3.63, 3.8) is 0 Å². The van der Waals surface area contributed by atoms with Crippen LogP contribution >= 0.6 is 0 Å². The molecule has 0 aliphatic carbocycles. The number of nitrogens with zero attached hydrogens (tertiary/aromatic N) is 1. The van der Waals surface area contributed by atoms with Gasteiger partial charge in [0.2, 0.25) is 0 Å². The minimum atomic E-state index is -0.810.